The molecule has 0 aliphatic carbocycles. The summed E-state index contributed by atoms with van der Waals surface area (Å²) in [6.07, 6.45) is 0.839. The van der Waals surface area contributed by atoms with E-state index in [1.807, 2.05) is 6.92 Å². The molecule has 4 heteroatoms. The highest BCUT2D eigenvalue weighted by Crippen LogP contribution is 2.17. The van der Waals surface area contributed by atoms with Gasteiger partial charge in [-0.2, -0.15) is 0 Å². The molecule has 1 atom stereocenters. The summed E-state index contributed by atoms with van der Waals surface area (Å²) in [6.45, 7) is 7.21. The first kappa shape index (κ1) is 12.9. The van der Waals surface area contributed by atoms with Crippen LogP contribution in [0.2, 0.25) is 0 Å². The van der Waals surface area contributed by atoms with Gasteiger partial charge in [0.05, 0.1) is 10.5 Å². The molecule has 1 unspecified atom stereocenters. The highest BCUT2D eigenvalue weighted by Gasteiger charge is 2.30. The highest BCUT2D eigenvalue weighted by atomic mass is 32.2. The van der Waals surface area contributed by atoms with E-state index in [1.54, 1.807) is 27.8 Å². The maximum atomic E-state index is 11.7. The Balaban J connectivity index is 4.52. The van der Waals surface area contributed by atoms with Gasteiger partial charge < -0.3 is 5.32 Å². The lowest BCUT2D eigenvalue weighted by atomic mass is 10.2. The number of nitrogens with one attached hydrogen (secondary N) is 1. The average molecular weight is 207 g/mol. The standard InChI is InChI=1S/C9H21NO2S/c1-6-8(10-5)7-13(11,12)9(2,3)4/h8,10H,6-7H2,1-5H3. The third-order valence-electron chi connectivity index (χ3n) is 2.25. The summed E-state index contributed by atoms with van der Waals surface area (Å²) < 4.78 is 22.8. The van der Waals surface area contributed by atoms with Crippen LogP contribution in [0.5, 0.6) is 0 Å². The minimum Gasteiger partial charge on any atom is -0.316 e. The zero-order chi connectivity index (χ0) is 10.7. The lowest BCUT2D eigenvalue weighted by Crippen LogP contribution is -2.39. The van der Waals surface area contributed by atoms with Crippen LogP contribution < -0.4 is 5.32 Å². The fourth-order valence-corrected chi connectivity index (χ4v) is 2.35. The van der Waals surface area contributed by atoms with Gasteiger partial charge >= 0.3 is 0 Å². The van der Waals surface area contributed by atoms with Crippen LogP contribution in [0, 0.1) is 0 Å². The molecule has 0 radical (unpaired) electrons. The van der Waals surface area contributed by atoms with Gasteiger partial charge in [-0.25, -0.2) is 8.42 Å². The first-order chi connectivity index (χ1) is 5.74. The molecule has 80 valence electrons. The van der Waals surface area contributed by atoms with E-state index in [0.29, 0.717) is 0 Å². The fraction of sp³-hybridized carbons (Fsp3) is 1.00. The third-order valence-corrected chi connectivity index (χ3v) is 4.96. The summed E-state index contributed by atoms with van der Waals surface area (Å²) in [5.74, 6) is 0.226. The summed E-state index contributed by atoms with van der Waals surface area (Å²) in [5.41, 5.74) is 0. The zero-order valence-corrected chi connectivity index (χ0v) is 10.0. The fourth-order valence-electron chi connectivity index (χ4n) is 0.920. The van der Waals surface area contributed by atoms with Crippen molar-refractivity contribution in [3.05, 3.63) is 0 Å². The Morgan fingerprint density at radius 2 is 1.77 bits per heavy atom. The van der Waals surface area contributed by atoms with Crippen molar-refractivity contribution in [2.75, 3.05) is 12.8 Å². The average Bonchev–Trinajstić information content (AvgIpc) is 1.98. The van der Waals surface area contributed by atoms with Crippen molar-refractivity contribution in [3.63, 3.8) is 0 Å². The van der Waals surface area contributed by atoms with E-state index in [2.05, 4.69) is 5.32 Å². The summed E-state index contributed by atoms with van der Waals surface area (Å²) in [5, 5.41) is 3.00. The summed E-state index contributed by atoms with van der Waals surface area (Å²) in [6, 6.07) is 0.0734. The summed E-state index contributed by atoms with van der Waals surface area (Å²) >= 11 is 0. The van der Waals surface area contributed by atoms with E-state index in [9.17, 15) is 8.42 Å². The number of hydrogen-bond acceptors (Lipinski definition) is 3. The molecule has 0 saturated carbocycles. The first-order valence-corrected chi connectivity index (χ1v) is 6.29. The monoisotopic (exact) mass is 207 g/mol. The van der Waals surface area contributed by atoms with Crippen LogP contribution in [0.4, 0.5) is 0 Å². The molecule has 0 fully saturated rings. The van der Waals surface area contributed by atoms with Crippen molar-refractivity contribution >= 4 is 9.84 Å². The van der Waals surface area contributed by atoms with Crippen LogP contribution >= 0.6 is 0 Å². The second-order valence-electron chi connectivity index (χ2n) is 4.29. The molecule has 0 aliphatic rings. The van der Waals surface area contributed by atoms with Gasteiger partial charge in [0, 0.05) is 6.04 Å². The molecule has 0 aromatic rings. The largest absolute Gasteiger partial charge is 0.316 e. The highest BCUT2D eigenvalue weighted by molar-refractivity contribution is 7.92. The predicted molar refractivity (Wildman–Crippen MR) is 56.7 cm³/mol. The minimum atomic E-state index is -2.98. The van der Waals surface area contributed by atoms with Crippen LogP contribution in [0.3, 0.4) is 0 Å². The Kier molecular flexibility index (Phi) is 4.39. The van der Waals surface area contributed by atoms with Crippen molar-refractivity contribution in [2.24, 2.45) is 0 Å². The number of rotatable bonds is 4. The van der Waals surface area contributed by atoms with Crippen molar-refractivity contribution in [1.29, 1.82) is 0 Å². The van der Waals surface area contributed by atoms with Crippen molar-refractivity contribution in [1.82, 2.24) is 5.32 Å². The van der Waals surface area contributed by atoms with Gasteiger partial charge in [-0.3, -0.25) is 0 Å². The molecule has 1 N–H and O–H groups in total. The maximum absolute atomic E-state index is 11.7. The molecule has 0 aliphatic heterocycles. The van der Waals surface area contributed by atoms with Crippen LogP contribution in [-0.2, 0) is 9.84 Å². The Morgan fingerprint density at radius 3 is 2.00 bits per heavy atom. The van der Waals surface area contributed by atoms with Crippen LogP contribution in [0.15, 0.2) is 0 Å². The molecule has 0 bridgehead atoms. The normalized spacial score (nSPS) is 15.8. The second-order valence-corrected chi connectivity index (χ2v) is 7.08. The lowest BCUT2D eigenvalue weighted by Gasteiger charge is -2.22. The zero-order valence-electron chi connectivity index (χ0n) is 9.22. The summed E-state index contributed by atoms with van der Waals surface area (Å²) in [7, 11) is -1.19. The Morgan fingerprint density at radius 1 is 1.31 bits per heavy atom. The smallest absolute Gasteiger partial charge is 0.156 e. The van der Waals surface area contributed by atoms with E-state index < -0.39 is 14.6 Å². The van der Waals surface area contributed by atoms with Crippen molar-refractivity contribution in [2.45, 2.75) is 44.9 Å². The Bertz CT molecular complexity index is 235. The van der Waals surface area contributed by atoms with Crippen molar-refractivity contribution in [3.8, 4) is 0 Å². The lowest BCUT2D eigenvalue weighted by molar-refractivity contribution is 0.531. The molecular weight excluding hydrogens is 186 g/mol. The third kappa shape index (κ3) is 3.65. The quantitative estimate of drug-likeness (QED) is 0.753. The number of sulfone groups is 1. The van der Waals surface area contributed by atoms with Gasteiger partial charge in [0.1, 0.15) is 0 Å². The summed E-state index contributed by atoms with van der Waals surface area (Å²) in [4.78, 5) is 0. The van der Waals surface area contributed by atoms with E-state index in [0.717, 1.165) is 6.42 Å². The molecule has 0 heterocycles. The predicted octanol–water partition coefficient (Wildman–Crippen LogP) is 1.20. The topological polar surface area (TPSA) is 46.2 Å². The second kappa shape index (κ2) is 4.42. The van der Waals surface area contributed by atoms with Crippen LogP contribution in [0.25, 0.3) is 0 Å². The first-order valence-electron chi connectivity index (χ1n) is 4.64. The molecule has 0 saturated heterocycles. The van der Waals surface area contributed by atoms with E-state index >= 15 is 0 Å². The molecule has 0 aromatic carbocycles. The molecular formula is C9H21NO2S. The van der Waals surface area contributed by atoms with Gasteiger partial charge in [-0.15, -0.1) is 0 Å². The van der Waals surface area contributed by atoms with Gasteiger partial charge in [0.2, 0.25) is 0 Å². The van der Waals surface area contributed by atoms with Crippen LogP contribution in [0.1, 0.15) is 34.1 Å². The molecule has 0 spiro atoms. The van der Waals surface area contributed by atoms with Crippen LogP contribution in [-0.4, -0.2) is 32.0 Å². The molecule has 3 nitrogen and oxygen atoms in total. The molecule has 0 amide bonds. The number of hydrogen-bond donors (Lipinski definition) is 1. The SMILES string of the molecule is CCC(CS(=O)(=O)C(C)(C)C)NC. The van der Waals surface area contributed by atoms with Gasteiger partial charge in [-0.05, 0) is 34.2 Å². The molecule has 0 rings (SSSR count). The van der Waals surface area contributed by atoms with Gasteiger partial charge in [0.15, 0.2) is 9.84 Å². The minimum absolute atomic E-state index is 0.0734. The molecule has 13 heavy (non-hydrogen) atoms. The molecule has 0 aromatic heterocycles. The van der Waals surface area contributed by atoms with E-state index in [-0.39, 0.29) is 11.8 Å². The van der Waals surface area contributed by atoms with Gasteiger partial charge in [0.25, 0.3) is 0 Å². The Labute approximate surface area is 81.8 Å². The maximum Gasteiger partial charge on any atom is 0.156 e. The Hall–Kier alpha value is -0.0900. The van der Waals surface area contributed by atoms with E-state index in [4.69, 9.17) is 0 Å². The van der Waals surface area contributed by atoms with Crippen molar-refractivity contribution < 1.29 is 8.42 Å². The van der Waals surface area contributed by atoms with Gasteiger partial charge in [-0.1, -0.05) is 6.92 Å². The van der Waals surface area contributed by atoms with E-state index in [1.165, 1.54) is 0 Å².